The molecule has 0 spiro atoms. The lowest BCUT2D eigenvalue weighted by Crippen LogP contribution is -2.32. The number of anilines is 1. The maximum absolute atomic E-state index is 13.4. The number of methoxy groups -OCH3 is 1. The first-order valence-electron chi connectivity index (χ1n) is 6.75. The quantitative estimate of drug-likeness (QED) is 0.784. The van der Waals surface area contributed by atoms with Crippen molar-refractivity contribution in [2.45, 2.75) is 20.4 Å². The number of hydrogen-bond donors (Lipinski definition) is 1. The lowest BCUT2D eigenvalue weighted by molar-refractivity contribution is 0.204. The Labute approximate surface area is 115 Å². The Kier molecular flexibility index (Phi) is 6.81. The fourth-order valence-electron chi connectivity index (χ4n) is 2.15. The summed E-state index contributed by atoms with van der Waals surface area (Å²) in [6, 6.07) is 4.99. The molecule has 0 saturated heterocycles. The third-order valence-electron chi connectivity index (χ3n) is 2.90. The van der Waals surface area contributed by atoms with E-state index in [1.165, 1.54) is 6.07 Å². The number of nitrogens with zero attached hydrogens (tertiary/aromatic N) is 1. The zero-order valence-electron chi connectivity index (χ0n) is 12.4. The molecule has 1 aromatic carbocycles. The number of hydrogen-bond acceptors (Lipinski definition) is 3. The van der Waals surface area contributed by atoms with Gasteiger partial charge < -0.3 is 15.0 Å². The van der Waals surface area contributed by atoms with Crippen LogP contribution in [0.4, 0.5) is 10.1 Å². The van der Waals surface area contributed by atoms with Crippen LogP contribution >= 0.6 is 0 Å². The lowest BCUT2D eigenvalue weighted by atomic mass is 10.1. The zero-order chi connectivity index (χ0) is 14.3. The van der Waals surface area contributed by atoms with Crippen molar-refractivity contribution in [3.63, 3.8) is 0 Å². The van der Waals surface area contributed by atoms with Crippen molar-refractivity contribution in [3.8, 4) is 0 Å². The maximum atomic E-state index is 13.4. The van der Waals surface area contributed by atoms with E-state index in [1.54, 1.807) is 13.2 Å². The van der Waals surface area contributed by atoms with Crippen LogP contribution in [0.3, 0.4) is 0 Å². The molecule has 0 atom stereocenters. The normalized spacial score (nSPS) is 11.1. The molecule has 0 bridgehead atoms. The van der Waals surface area contributed by atoms with Gasteiger partial charge in [0.15, 0.2) is 0 Å². The molecule has 0 aliphatic heterocycles. The molecule has 1 N–H and O–H groups in total. The third-order valence-corrected chi connectivity index (χ3v) is 2.90. The van der Waals surface area contributed by atoms with E-state index in [-0.39, 0.29) is 5.82 Å². The number of benzene rings is 1. The summed E-state index contributed by atoms with van der Waals surface area (Å²) in [5.41, 5.74) is 2.07. The van der Waals surface area contributed by atoms with Crippen LogP contribution in [0.1, 0.15) is 19.4 Å². The van der Waals surface area contributed by atoms with Gasteiger partial charge in [0, 0.05) is 32.4 Å². The first-order chi connectivity index (χ1) is 9.08. The van der Waals surface area contributed by atoms with E-state index in [0.717, 1.165) is 24.3 Å². The molecular weight excluding hydrogens is 243 g/mol. The van der Waals surface area contributed by atoms with Gasteiger partial charge >= 0.3 is 0 Å². The number of halogens is 1. The summed E-state index contributed by atoms with van der Waals surface area (Å²) >= 11 is 0. The van der Waals surface area contributed by atoms with Crippen LogP contribution in [-0.4, -0.2) is 33.9 Å². The van der Waals surface area contributed by atoms with E-state index in [1.807, 2.05) is 13.1 Å². The van der Waals surface area contributed by atoms with E-state index in [9.17, 15) is 4.39 Å². The molecule has 4 heteroatoms. The summed E-state index contributed by atoms with van der Waals surface area (Å²) in [5, 5.41) is 3.09. The molecule has 0 aliphatic carbocycles. The molecule has 0 radical (unpaired) electrons. The summed E-state index contributed by atoms with van der Waals surface area (Å²) in [4.78, 5) is 2.26. The molecule has 0 saturated carbocycles. The molecule has 0 heterocycles. The van der Waals surface area contributed by atoms with Crippen LogP contribution in [0.15, 0.2) is 18.2 Å². The van der Waals surface area contributed by atoms with Crippen LogP contribution in [0.5, 0.6) is 0 Å². The molecule has 0 unspecified atom stereocenters. The van der Waals surface area contributed by atoms with Crippen molar-refractivity contribution in [1.29, 1.82) is 0 Å². The molecule has 0 aromatic heterocycles. The van der Waals surface area contributed by atoms with Crippen LogP contribution in [-0.2, 0) is 11.3 Å². The van der Waals surface area contributed by atoms with Gasteiger partial charge in [-0.3, -0.25) is 0 Å². The van der Waals surface area contributed by atoms with Gasteiger partial charge in [-0.05, 0) is 36.7 Å². The minimum atomic E-state index is -0.190. The molecule has 0 aliphatic rings. The van der Waals surface area contributed by atoms with Crippen LogP contribution in [0.25, 0.3) is 0 Å². The highest BCUT2D eigenvalue weighted by Gasteiger charge is 2.13. The van der Waals surface area contributed by atoms with Crippen LogP contribution in [0, 0.1) is 11.7 Å². The minimum absolute atomic E-state index is 0.190. The van der Waals surface area contributed by atoms with E-state index in [0.29, 0.717) is 19.1 Å². The highest BCUT2D eigenvalue weighted by molar-refractivity contribution is 5.54. The van der Waals surface area contributed by atoms with Crippen molar-refractivity contribution in [2.24, 2.45) is 5.92 Å². The summed E-state index contributed by atoms with van der Waals surface area (Å²) < 4.78 is 18.5. The van der Waals surface area contributed by atoms with Crippen molar-refractivity contribution >= 4 is 5.69 Å². The van der Waals surface area contributed by atoms with Crippen LogP contribution < -0.4 is 10.2 Å². The second kappa shape index (κ2) is 8.12. The minimum Gasteiger partial charge on any atom is -0.383 e. The summed E-state index contributed by atoms with van der Waals surface area (Å²) in [6.07, 6.45) is 0. The van der Waals surface area contributed by atoms with Gasteiger partial charge in [0.2, 0.25) is 0 Å². The van der Waals surface area contributed by atoms with Gasteiger partial charge in [-0.1, -0.05) is 13.8 Å². The Bertz CT molecular complexity index is 382. The smallest absolute Gasteiger partial charge is 0.123 e. The predicted molar refractivity (Wildman–Crippen MR) is 78.1 cm³/mol. The zero-order valence-corrected chi connectivity index (χ0v) is 12.4. The summed E-state index contributed by atoms with van der Waals surface area (Å²) in [5.74, 6) is 0.356. The largest absolute Gasteiger partial charge is 0.383 e. The second-order valence-corrected chi connectivity index (χ2v) is 5.14. The van der Waals surface area contributed by atoms with E-state index in [4.69, 9.17) is 4.74 Å². The Morgan fingerprint density at radius 2 is 2.11 bits per heavy atom. The fourth-order valence-corrected chi connectivity index (χ4v) is 2.15. The standard InChI is InChI=1S/C15H25FN2O/c1-12(2)11-18(7-8-19-4)15-6-5-14(16)9-13(15)10-17-3/h5-6,9,12,17H,7-8,10-11H2,1-4H3. The predicted octanol–water partition coefficient (Wildman–Crippen LogP) is 2.65. The summed E-state index contributed by atoms with van der Waals surface area (Å²) in [6.45, 7) is 7.45. The van der Waals surface area contributed by atoms with Gasteiger partial charge in [0.05, 0.1) is 6.61 Å². The average molecular weight is 268 g/mol. The Morgan fingerprint density at radius 3 is 2.68 bits per heavy atom. The molecule has 19 heavy (non-hydrogen) atoms. The maximum Gasteiger partial charge on any atom is 0.123 e. The van der Waals surface area contributed by atoms with Crippen molar-refractivity contribution in [3.05, 3.63) is 29.6 Å². The van der Waals surface area contributed by atoms with Gasteiger partial charge in [0.25, 0.3) is 0 Å². The van der Waals surface area contributed by atoms with Gasteiger partial charge in [0.1, 0.15) is 5.82 Å². The number of ether oxygens (including phenoxy) is 1. The first-order valence-corrected chi connectivity index (χ1v) is 6.75. The van der Waals surface area contributed by atoms with Crippen LogP contribution in [0.2, 0.25) is 0 Å². The molecule has 3 nitrogen and oxygen atoms in total. The van der Waals surface area contributed by atoms with E-state index in [2.05, 4.69) is 24.1 Å². The highest BCUT2D eigenvalue weighted by atomic mass is 19.1. The van der Waals surface area contributed by atoms with Crippen molar-refractivity contribution in [2.75, 3.05) is 38.8 Å². The fraction of sp³-hybridized carbons (Fsp3) is 0.600. The average Bonchev–Trinajstić information content (AvgIpc) is 2.35. The van der Waals surface area contributed by atoms with E-state index < -0.39 is 0 Å². The number of nitrogens with one attached hydrogen (secondary N) is 1. The van der Waals surface area contributed by atoms with Gasteiger partial charge in [-0.25, -0.2) is 4.39 Å². The Balaban J connectivity index is 2.98. The summed E-state index contributed by atoms with van der Waals surface area (Å²) in [7, 11) is 3.57. The van der Waals surface area contributed by atoms with E-state index >= 15 is 0 Å². The second-order valence-electron chi connectivity index (χ2n) is 5.14. The van der Waals surface area contributed by atoms with Gasteiger partial charge in [-0.15, -0.1) is 0 Å². The molecule has 1 rings (SSSR count). The topological polar surface area (TPSA) is 24.5 Å². The SMILES string of the molecule is CNCc1cc(F)ccc1N(CCOC)CC(C)C. The lowest BCUT2D eigenvalue weighted by Gasteiger charge is -2.28. The molecular formula is C15H25FN2O. The number of rotatable bonds is 8. The highest BCUT2D eigenvalue weighted by Crippen LogP contribution is 2.22. The Morgan fingerprint density at radius 1 is 1.37 bits per heavy atom. The third kappa shape index (κ3) is 5.17. The van der Waals surface area contributed by atoms with Crippen molar-refractivity contribution in [1.82, 2.24) is 5.32 Å². The van der Waals surface area contributed by atoms with Crippen molar-refractivity contribution < 1.29 is 9.13 Å². The monoisotopic (exact) mass is 268 g/mol. The molecule has 108 valence electrons. The molecule has 0 fully saturated rings. The first kappa shape index (κ1) is 15.9. The Hall–Kier alpha value is -1.13. The molecule has 1 aromatic rings. The van der Waals surface area contributed by atoms with Gasteiger partial charge in [-0.2, -0.15) is 0 Å². The molecule has 0 amide bonds.